The number of hydrogen-bond donors (Lipinski definition) is 2. The Balaban J connectivity index is 1.42. The van der Waals surface area contributed by atoms with Crippen molar-refractivity contribution in [1.82, 2.24) is 10.2 Å². The molecule has 2 aliphatic rings. The van der Waals surface area contributed by atoms with Crippen LogP contribution in [-0.2, 0) is 4.79 Å². The van der Waals surface area contributed by atoms with E-state index in [-0.39, 0.29) is 17.7 Å². The molecule has 1 unspecified atom stereocenters. The molecule has 0 spiro atoms. The summed E-state index contributed by atoms with van der Waals surface area (Å²) in [4.78, 5) is 26.6. The first-order valence-electron chi connectivity index (χ1n) is 9.45. The summed E-state index contributed by atoms with van der Waals surface area (Å²) in [5, 5.41) is 13.1. The largest absolute Gasteiger partial charge is 0.391 e. The van der Waals surface area contributed by atoms with Crippen LogP contribution in [0.4, 0.5) is 0 Å². The van der Waals surface area contributed by atoms with Gasteiger partial charge in [-0.1, -0.05) is 31.0 Å². The second-order valence-corrected chi connectivity index (χ2v) is 7.29. The number of aliphatic hydroxyl groups is 1. The summed E-state index contributed by atoms with van der Waals surface area (Å²) in [5.41, 5.74) is 0.699. The first-order chi connectivity index (χ1) is 12.1. The maximum Gasteiger partial charge on any atom is 0.253 e. The first-order valence-corrected chi connectivity index (χ1v) is 9.45. The van der Waals surface area contributed by atoms with E-state index in [0.29, 0.717) is 44.0 Å². The van der Waals surface area contributed by atoms with Crippen LogP contribution in [0.25, 0.3) is 0 Å². The number of benzene rings is 1. The smallest absolute Gasteiger partial charge is 0.253 e. The molecule has 5 heteroatoms. The molecule has 3 rings (SSSR count). The molecular weight excluding hydrogens is 316 g/mol. The van der Waals surface area contributed by atoms with Crippen LogP contribution in [0.2, 0.25) is 0 Å². The van der Waals surface area contributed by atoms with Gasteiger partial charge in [0.2, 0.25) is 5.91 Å². The first kappa shape index (κ1) is 17.9. The second kappa shape index (κ2) is 8.48. The number of nitrogens with zero attached hydrogens (tertiary/aromatic N) is 1. The number of rotatable bonds is 5. The van der Waals surface area contributed by atoms with E-state index in [0.717, 1.165) is 12.8 Å². The third-order valence-corrected chi connectivity index (χ3v) is 5.60. The van der Waals surface area contributed by atoms with Crippen molar-refractivity contribution in [2.24, 2.45) is 11.8 Å². The maximum absolute atomic E-state index is 12.4. The molecule has 5 nitrogen and oxygen atoms in total. The predicted molar refractivity (Wildman–Crippen MR) is 96.0 cm³/mol. The fourth-order valence-corrected chi connectivity index (χ4v) is 3.97. The van der Waals surface area contributed by atoms with Crippen molar-refractivity contribution in [2.45, 2.75) is 44.6 Å². The highest BCUT2D eigenvalue weighted by atomic mass is 16.3. The molecule has 1 heterocycles. The summed E-state index contributed by atoms with van der Waals surface area (Å²) < 4.78 is 0. The van der Waals surface area contributed by atoms with Crippen LogP contribution in [0.5, 0.6) is 0 Å². The van der Waals surface area contributed by atoms with Gasteiger partial charge in [-0.3, -0.25) is 9.59 Å². The molecule has 1 atom stereocenters. The van der Waals surface area contributed by atoms with Gasteiger partial charge in [0.25, 0.3) is 5.91 Å². The molecule has 1 aromatic carbocycles. The van der Waals surface area contributed by atoms with Gasteiger partial charge in [-0.2, -0.15) is 0 Å². The highest BCUT2D eigenvalue weighted by molar-refractivity contribution is 5.94. The molecular formula is C20H28N2O3. The lowest BCUT2D eigenvalue weighted by Crippen LogP contribution is -2.44. The standard InChI is InChI=1S/C20H28N2O3/c23-18(15-6-4-5-7-15)14-21-19(24)16-10-12-22(13-11-16)20(25)17-8-2-1-3-9-17/h1-3,8-9,15-16,18,23H,4-7,10-14H2,(H,21,24). The van der Waals surface area contributed by atoms with E-state index in [2.05, 4.69) is 5.32 Å². The molecule has 136 valence electrons. The number of carbonyl (C=O) groups excluding carboxylic acids is 2. The number of nitrogens with one attached hydrogen (secondary N) is 1. The summed E-state index contributed by atoms with van der Waals surface area (Å²) in [5.74, 6) is 0.334. The molecule has 0 aromatic heterocycles. The number of carbonyl (C=O) groups is 2. The number of piperidine rings is 1. The zero-order valence-corrected chi connectivity index (χ0v) is 14.7. The van der Waals surface area contributed by atoms with Gasteiger partial charge in [-0.25, -0.2) is 0 Å². The van der Waals surface area contributed by atoms with Crippen molar-refractivity contribution >= 4 is 11.8 Å². The van der Waals surface area contributed by atoms with Crippen LogP contribution in [0.1, 0.15) is 48.9 Å². The van der Waals surface area contributed by atoms with Crippen molar-refractivity contribution < 1.29 is 14.7 Å². The van der Waals surface area contributed by atoms with Crippen molar-refractivity contribution in [2.75, 3.05) is 19.6 Å². The average Bonchev–Trinajstić information content (AvgIpc) is 3.21. The van der Waals surface area contributed by atoms with Crippen molar-refractivity contribution in [3.05, 3.63) is 35.9 Å². The van der Waals surface area contributed by atoms with Crippen molar-refractivity contribution in [1.29, 1.82) is 0 Å². The summed E-state index contributed by atoms with van der Waals surface area (Å²) in [6.07, 6.45) is 5.45. The minimum absolute atomic E-state index is 0.0175. The SMILES string of the molecule is O=C(NCC(O)C1CCCC1)C1CCN(C(=O)c2ccccc2)CC1. The summed E-state index contributed by atoms with van der Waals surface area (Å²) >= 11 is 0. The molecule has 1 aliphatic carbocycles. The van der Waals surface area contributed by atoms with E-state index in [4.69, 9.17) is 0 Å². The molecule has 2 amide bonds. The average molecular weight is 344 g/mol. The van der Waals surface area contributed by atoms with Crippen LogP contribution in [0.15, 0.2) is 30.3 Å². The lowest BCUT2D eigenvalue weighted by atomic mass is 9.95. The van der Waals surface area contributed by atoms with E-state index in [9.17, 15) is 14.7 Å². The maximum atomic E-state index is 12.4. The minimum atomic E-state index is -0.425. The van der Waals surface area contributed by atoms with Crippen molar-refractivity contribution in [3.63, 3.8) is 0 Å². The lowest BCUT2D eigenvalue weighted by molar-refractivity contribution is -0.126. The molecule has 0 radical (unpaired) electrons. The van der Waals surface area contributed by atoms with Gasteiger partial charge < -0.3 is 15.3 Å². The molecule has 0 bridgehead atoms. The molecule has 1 saturated carbocycles. The molecule has 1 aliphatic heterocycles. The number of likely N-dealkylation sites (tertiary alicyclic amines) is 1. The van der Waals surface area contributed by atoms with Gasteiger partial charge >= 0.3 is 0 Å². The Kier molecular flexibility index (Phi) is 6.08. The summed E-state index contributed by atoms with van der Waals surface area (Å²) in [6.45, 7) is 1.57. The zero-order chi connectivity index (χ0) is 17.6. The highest BCUT2D eigenvalue weighted by Gasteiger charge is 2.29. The van der Waals surface area contributed by atoms with Gasteiger partial charge in [0.15, 0.2) is 0 Å². The van der Waals surface area contributed by atoms with Gasteiger partial charge in [-0.15, -0.1) is 0 Å². The van der Waals surface area contributed by atoms with Crippen molar-refractivity contribution in [3.8, 4) is 0 Å². The Morgan fingerprint density at radius 1 is 1.08 bits per heavy atom. The third kappa shape index (κ3) is 4.60. The molecule has 2 fully saturated rings. The molecule has 25 heavy (non-hydrogen) atoms. The van der Waals surface area contributed by atoms with Gasteiger partial charge in [0.05, 0.1) is 6.10 Å². The monoisotopic (exact) mass is 344 g/mol. The van der Waals surface area contributed by atoms with Crippen LogP contribution in [0, 0.1) is 11.8 Å². The van der Waals surface area contributed by atoms with Crippen LogP contribution >= 0.6 is 0 Å². The quantitative estimate of drug-likeness (QED) is 0.860. The second-order valence-electron chi connectivity index (χ2n) is 7.29. The Morgan fingerprint density at radius 3 is 2.36 bits per heavy atom. The molecule has 1 aromatic rings. The Labute approximate surface area is 149 Å². The minimum Gasteiger partial charge on any atom is -0.391 e. The van der Waals surface area contributed by atoms with E-state index in [1.807, 2.05) is 35.2 Å². The summed E-state index contributed by atoms with van der Waals surface area (Å²) in [6, 6.07) is 9.27. The van der Waals surface area contributed by atoms with E-state index >= 15 is 0 Å². The Hall–Kier alpha value is -1.88. The number of aliphatic hydroxyl groups excluding tert-OH is 1. The van der Waals surface area contributed by atoms with E-state index < -0.39 is 6.10 Å². The predicted octanol–water partition coefficient (Wildman–Crippen LogP) is 2.21. The number of hydrogen-bond acceptors (Lipinski definition) is 3. The van der Waals surface area contributed by atoms with Gasteiger partial charge in [-0.05, 0) is 43.7 Å². The topological polar surface area (TPSA) is 69.6 Å². The normalized spacial score (nSPS) is 20.4. The summed E-state index contributed by atoms with van der Waals surface area (Å²) in [7, 11) is 0. The van der Waals surface area contributed by atoms with E-state index in [1.54, 1.807) is 0 Å². The highest BCUT2D eigenvalue weighted by Crippen LogP contribution is 2.27. The van der Waals surface area contributed by atoms with Crippen LogP contribution < -0.4 is 5.32 Å². The third-order valence-electron chi connectivity index (χ3n) is 5.60. The Morgan fingerprint density at radius 2 is 1.72 bits per heavy atom. The lowest BCUT2D eigenvalue weighted by Gasteiger charge is -2.31. The van der Waals surface area contributed by atoms with E-state index in [1.165, 1.54) is 12.8 Å². The van der Waals surface area contributed by atoms with Crippen LogP contribution in [-0.4, -0.2) is 47.6 Å². The fourth-order valence-electron chi connectivity index (χ4n) is 3.97. The molecule has 2 N–H and O–H groups in total. The molecule has 1 saturated heterocycles. The Bertz CT molecular complexity index is 576. The zero-order valence-electron chi connectivity index (χ0n) is 14.7. The fraction of sp³-hybridized carbons (Fsp3) is 0.600. The van der Waals surface area contributed by atoms with Gasteiger partial charge in [0, 0.05) is 31.1 Å². The number of amides is 2. The van der Waals surface area contributed by atoms with Gasteiger partial charge in [0.1, 0.15) is 0 Å². The van der Waals surface area contributed by atoms with Crippen LogP contribution in [0.3, 0.4) is 0 Å².